The van der Waals surface area contributed by atoms with Crippen molar-refractivity contribution < 1.29 is 0 Å². The molecule has 0 aromatic carbocycles. The van der Waals surface area contributed by atoms with Gasteiger partial charge in [0.2, 0.25) is 0 Å². The first-order valence-electron chi connectivity index (χ1n) is 5.13. The summed E-state index contributed by atoms with van der Waals surface area (Å²) in [6, 6.07) is 9.60. The number of nitrogens with one attached hydrogen (secondary N) is 1. The molecule has 17 heavy (non-hydrogen) atoms. The lowest BCUT2D eigenvalue weighted by Crippen LogP contribution is -1.66. The standard InChI is InChI=1S/C5H5N.C4H4N2.C4H5N/c1-2-4-6-5-3-1;1-2-6-4-3-5-1;1-2-4-5-3-1/h1-5H;1-4H;1-5H. The van der Waals surface area contributed by atoms with Crippen molar-refractivity contribution in [1.82, 2.24) is 19.9 Å². The third-order valence-electron chi connectivity index (χ3n) is 1.54. The zero-order chi connectivity index (χ0) is 12.0. The Morgan fingerprint density at radius 1 is 0.471 bits per heavy atom. The highest BCUT2D eigenvalue weighted by Crippen LogP contribution is 1.73. The van der Waals surface area contributed by atoms with Crippen LogP contribution in [0.3, 0.4) is 0 Å². The van der Waals surface area contributed by atoms with Gasteiger partial charge in [-0.1, -0.05) is 6.07 Å². The lowest BCUT2D eigenvalue weighted by Gasteiger charge is -1.70. The van der Waals surface area contributed by atoms with Crippen LogP contribution in [0.5, 0.6) is 0 Å². The summed E-state index contributed by atoms with van der Waals surface area (Å²) < 4.78 is 0. The number of rotatable bonds is 0. The molecule has 4 nitrogen and oxygen atoms in total. The molecular weight excluding hydrogens is 212 g/mol. The quantitative estimate of drug-likeness (QED) is 0.641. The number of hydrogen-bond donors (Lipinski definition) is 1. The predicted octanol–water partition coefficient (Wildman–Crippen LogP) is 2.57. The Morgan fingerprint density at radius 3 is 1.12 bits per heavy atom. The summed E-state index contributed by atoms with van der Waals surface area (Å²) in [4.78, 5) is 14.1. The Balaban J connectivity index is 0.000000128. The second-order valence-corrected chi connectivity index (χ2v) is 2.80. The summed E-state index contributed by atoms with van der Waals surface area (Å²) in [5.41, 5.74) is 0. The molecule has 3 rings (SSSR count). The zero-order valence-corrected chi connectivity index (χ0v) is 9.35. The van der Waals surface area contributed by atoms with Gasteiger partial charge in [-0.3, -0.25) is 15.0 Å². The van der Waals surface area contributed by atoms with Crippen LogP contribution >= 0.6 is 0 Å². The maximum atomic E-state index is 3.78. The summed E-state index contributed by atoms with van der Waals surface area (Å²) in [6.07, 6.45) is 13.8. The Kier molecular flexibility index (Phi) is 7.43. The topological polar surface area (TPSA) is 54.5 Å². The number of H-pyrrole nitrogens is 1. The molecule has 3 aromatic rings. The smallest absolute Gasteiger partial charge is 0.0451 e. The maximum Gasteiger partial charge on any atom is 0.0451 e. The third kappa shape index (κ3) is 8.50. The highest BCUT2D eigenvalue weighted by atomic mass is 14.7. The van der Waals surface area contributed by atoms with Crippen molar-refractivity contribution in [3.63, 3.8) is 0 Å². The Labute approximate surface area is 100 Å². The minimum atomic E-state index is 1.64. The highest BCUT2D eigenvalue weighted by Gasteiger charge is 1.59. The van der Waals surface area contributed by atoms with Crippen LogP contribution in [0, 0.1) is 0 Å². The molecule has 0 atom stereocenters. The van der Waals surface area contributed by atoms with Crippen LogP contribution in [0.4, 0.5) is 0 Å². The van der Waals surface area contributed by atoms with Crippen LogP contribution in [0.25, 0.3) is 0 Å². The molecule has 0 amide bonds. The van der Waals surface area contributed by atoms with Crippen LogP contribution in [-0.4, -0.2) is 19.9 Å². The van der Waals surface area contributed by atoms with E-state index in [0.29, 0.717) is 0 Å². The van der Waals surface area contributed by atoms with Crippen molar-refractivity contribution in [3.05, 3.63) is 79.9 Å². The summed E-state index contributed by atoms with van der Waals surface area (Å²) in [5.74, 6) is 0. The van der Waals surface area contributed by atoms with E-state index in [0.717, 1.165) is 0 Å². The molecule has 0 aliphatic carbocycles. The van der Waals surface area contributed by atoms with E-state index in [2.05, 4.69) is 19.9 Å². The van der Waals surface area contributed by atoms with Crippen LogP contribution in [-0.2, 0) is 0 Å². The van der Waals surface area contributed by atoms with Crippen molar-refractivity contribution in [2.24, 2.45) is 0 Å². The van der Waals surface area contributed by atoms with E-state index < -0.39 is 0 Å². The summed E-state index contributed by atoms with van der Waals surface area (Å²) in [5, 5.41) is 0. The molecule has 3 heterocycles. The molecule has 0 aliphatic rings. The SMILES string of the molecule is c1cc[nH]c1.c1ccncc1.c1cnccn1. The van der Waals surface area contributed by atoms with Crippen LogP contribution < -0.4 is 0 Å². The van der Waals surface area contributed by atoms with Crippen molar-refractivity contribution in [2.75, 3.05) is 0 Å². The minimum absolute atomic E-state index is 1.64. The van der Waals surface area contributed by atoms with Crippen molar-refractivity contribution in [3.8, 4) is 0 Å². The van der Waals surface area contributed by atoms with E-state index in [1.807, 2.05) is 42.7 Å². The fraction of sp³-hybridized carbons (Fsp3) is 0. The molecule has 4 heteroatoms. The van der Waals surface area contributed by atoms with Crippen molar-refractivity contribution in [2.45, 2.75) is 0 Å². The molecule has 0 saturated heterocycles. The first-order chi connectivity index (χ1) is 8.50. The van der Waals surface area contributed by atoms with E-state index in [9.17, 15) is 0 Å². The molecule has 1 N–H and O–H groups in total. The number of hydrogen-bond acceptors (Lipinski definition) is 3. The van der Waals surface area contributed by atoms with Crippen LogP contribution in [0.1, 0.15) is 0 Å². The van der Waals surface area contributed by atoms with Gasteiger partial charge in [-0.25, -0.2) is 0 Å². The molecule has 0 fully saturated rings. The molecule has 0 saturated carbocycles. The Bertz CT molecular complexity index is 323. The lowest BCUT2D eigenvalue weighted by molar-refractivity contribution is 1.20. The zero-order valence-electron chi connectivity index (χ0n) is 9.35. The van der Waals surface area contributed by atoms with E-state index in [1.165, 1.54) is 0 Å². The molecule has 0 spiro atoms. The number of aromatic nitrogens is 4. The van der Waals surface area contributed by atoms with Gasteiger partial charge in [0.25, 0.3) is 0 Å². The summed E-state index contributed by atoms with van der Waals surface area (Å²) >= 11 is 0. The van der Waals surface area contributed by atoms with Gasteiger partial charge in [0.1, 0.15) is 0 Å². The summed E-state index contributed by atoms with van der Waals surface area (Å²) in [6.45, 7) is 0. The van der Waals surface area contributed by atoms with E-state index in [4.69, 9.17) is 0 Å². The Morgan fingerprint density at radius 2 is 0.941 bits per heavy atom. The molecule has 3 aromatic heterocycles. The van der Waals surface area contributed by atoms with Gasteiger partial charge in [0.15, 0.2) is 0 Å². The average molecular weight is 226 g/mol. The largest absolute Gasteiger partial charge is 0.368 e. The first kappa shape index (κ1) is 12.6. The fourth-order valence-electron chi connectivity index (χ4n) is 0.844. The highest BCUT2D eigenvalue weighted by molar-refractivity contribution is 4.88. The molecule has 0 bridgehead atoms. The van der Waals surface area contributed by atoms with Gasteiger partial charge in [-0.15, -0.1) is 0 Å². The van der Waals surface area contributed by atoms with E-state index in [-0.39, 0.29) is 0 Å². The molecule has 86 valence electrons. The summed E-state index contributed by atoms with van der Waals surface area (Å²) in [7, 11) is 0. The fourth-order valence-corrected chi connectivity index (χ4v) is 0.844. The van der Waals surface area contributed by atoms with Gasteiger partial charge in [-0.2, -0.15) is 0 Å². The lowest BCUT2D eigenvalue weighted by atomic mass is 10.5. The molecule has 0 aliphatic heterocycles. The van der Waals surface area contributed by atoms with Gasteiger partial charge in [0, 0.05) is 49.6 Å². The van der Waals surface area contributed by atoms with Gasteiger partial charge < -0.3 is 4.98 Å². The first-order valence-corrected chi connectivity index (χ1v) is 5.13. The second-order valence-electron chi connectivity index (χ2n) is 2.80. The monoisotopic (exact) mass is 226 g/mol. The number of nitrogens with zero attached hydrogens (tertiary/aromatic N) is 3. The predicted molar refractivity (Wildman–Crippen MR) is 67.1 cm³/mol. The van der Waals surface area contributed by atoms with E-state index >= 15 is 0 Å². The van der Waals surface area contributed by atoms with Gasteiger partial charge in [-0.05, 0) is 24.3 Å². The average Bonchev–Trinajstić information content (AvgIpc) is 3.03. The third-order valence-corrected chi connectivity index (χ3v) is 1.54. The molecular formula is C13H14N4. The van der Waals surface area contributed by atoms with Crippen molar-refractivity contribution in [1.29, 1.82) is 0 Å². The normalized spacial score (nSPS) is 8.00. The van der Waals surface area contributed by atoms with Crippen molar-refractivity contribution >= 4 is 0 Å². The maximum absolute atomic E-state index is 3.78. The number of pyridine rings is 1. The van der Waals surface area contributed by atoms with E-state index in [1.54, 1.807) is 37.2 Å². The second kappa shape index (κ2) is 10.0. The van der Waals surface area contributed by atoms with Crippen LogP contribution in [0.15, 0.2) is 79.9 Å². The minimum Gasteiger partial charge on any atom is -0.368 e. The van der Waals surface area contributed by atoms with Gasteiger partial charge >= 0.3 is 0 Å². The molecule has 0 unspecified atom stereocenters. The number of aromatic amines is 1. The van der Waals surface area contributed by atoms with Crippen LogP contribution in [0.2, 0.25) is 0 Å². The van der Waals surface area contributed by atoms with Gasteiger partial charge in [0.05, 0.1) is 0 Å². The Hall–Kier alpha value is -2.49. The molecule has 0 radical (unpaired) electrons.